The smallest absolute Gasteiger partial charge is 0.272 e. The van der Waals surface area contributed by atoms with Crippen LogP contribution >= 0.6 is 11.3 Å². The van der Waals surface area contributed by atoms with Crippen molar-refractivity contribution < 1.29 is 9.59 Å². The number of pyridine rings is 1. The molecule has 0 unspecified atom stereocenters. The Labute approximate surface area is 187 Å². The van der Waals surface area contributed by atoms with Crippen LogP contribution in [0.3, 0.4) is 0 Å². The first kappa shape index (κ1) is 21.5. The van der Waals surface area contributed by atoms with E-state index in [1.807, 2.05) is 43.0 Å². The average molecular weight is 436 g/mol. The zero-order chi connectivity index (χ0) is 21.8. The molecule has 1 N–H and O–H groups in total. The van der Waals surface area contributed by atoms with Crippen LogP contribution in [0.15, 0.2) is 48.7 Å². The molecular weight excluding hydrogens is 406 g/mol. The highest BCUT2D eigenvalue weighted by Gasteiger charge is 2.30. The van der Waals surface area contributed by atoms with E-state index in [9.17, 15) is 9.59 Å². The Hall–Kier alpha value is -2.73. The van der Waals surface area contributed by atoms with E-state index >= 15 is 0 Å². The summed E-state index contributed by atoms with van der Waals surface area (Å²) in [5.41, 5.74) is 1.55. The van der Waals surface area contributed by atoms with Gasteiger partial charge in [-0.25, -0.2) is 0 Å². The van der Waals surface area contributed by atoms with Crippen LogP contribution in [0.4, 0.5) is 0 Å². The van der Waals surface area contributed by atoms with Crippen LogP contribution in [-0.4, -0.2) is 40.3 Å². The second-order valence-corrected chi connectivity index (χ2v) is 9.51. The molecule has 1 aliphatic heterocycles. The molecule has 31 heavy (non-hydrogen) atoms. The van der Waals surface area contributed by atoms with Gasteiger partial charge in [0.1, 0.15) is 5.69 Å². The number of benzene rings is 1. The van der Waals surface area contributed by atoms with Crippen molar-refractivity contribution in [2.45, 2.75) is 58.0 Å². The van der Waals surface area contributed by atoms with Gasteiger partial charge in [0.25, 0.3) is 11.8 Å². The Morgan fingerprint density at radius 2 is 1.94 bits per heavy atom. The molecule has 162 valence electrons. The topological polar surface area (TPSA) is 62.3 Å². The quantitative estimate of drug-likeness (QED) is 0.609. The van der Waals surface area contributed by atoms with Crippen LogP contribution in [0.25, 0.3) is 10.1 Å². The average Bonchev–Trinajstić information content (AvgIpc) is 2.97. The monoisotopic (exact) mass is 435 g/mol. The number of carbonyl (C=O) groups excluding carboxylic acids is 2. The molecule has 2 aromatic heterocycles. The Morgan fingerprint density at radius 3 is 2.71 bits per heavy atom. The molecule has 0 bridgehead atoms. The molecule has 0 aliphatic carbocycles. The zero-order valence-electron chi connectivity index (χ0n) is 18.1. The number of rotatable bonds is 5. The van der Waals surface area contributed by atoms with Crippen molar-refractivity contribution in [2.24, 2.45) is 0 Å². The van der Waals surface area contributed by atoms with Crippen molar-refractivity contribution in [2.75, 3.05) is 6.54 Å². The summed E-state index contributed by atoms with van der Waals surface area (Å²) < 4.78 is 1.11. The summed E-state index contributed by atoms with van der Waals surface area (Å²) in [7, 11) is 0. The Balaban J connectivity index is 1.70. The van der Waals surface area contributed by atoms with Gasteiger partial charge in [-0.05, 0) is 62.3 Å². The Morgan fingerprint density at radius 1 is 1.13 bits per heavy atom. The summed E-state index contributed by atoms with van der Waals surface area (Å²) in [5, 5.41) is 4.17. The lowest BCUT2D eigenvalue weighted by Gasteiger charge is -2.30. The number of likely N-dealkylation sites (tertiary alicyclic amines) is 1. The molecule has 0 spiro atoms. The predicted molar refractivity (Wildman–Crippen MR) is 126 cm³/mol. The summed E-state index contributed by atoms with van der Waals surface area (Å²) in [6.45, 7) is 4.68. The van der Waals surface area contributed by atoms with Gasteiger partial charge in [0.05, 0.1) is 4.88 Å². The Kier molecular flexibility index (Phi) is 6.66. The lowest BCUT2D eigenvalue weighted by Crippen LogP contribution is -2.42. The van der Waals surface area contributed by atoms with Crippen LogP contribution in [0, 0.1) is 0 Å². The highest BCUT2D eigenvalue weighted by atomic mass is 32.1. The number of nitrogens with one attached hydrogen (secondary N) is 1. The summed E-state index contributed by atoms with van der Waals surface area (Å²) in [5.74, 6) is -0.0392. The number of amides is 2. The fraction of sp³-hybridized carbons (Fsp3) is 0.400. The SMILES string of the molecule is CC(C)NC(=O)c1sc2ccccc2c1C[C@H]1CCCCCN1C(=O)c1ccccn1. The van der Waals surface area contributed by atoms with Gasteiger partial charge in [0, 0.05) is 29.5 Å². The van der Waals surface area contributed by atoms with Crippen LogP contribution in [0.1, 0.15) is 65.3 Å². The molecule has 4 rings (SSSR count). The van der Waals surface area contributed by atoms with Crippen molar-refractivity contribution in [1.29, 1.82) is 0 Å². The molecule has 3 aromatic rings. The molecule has 3 heterocycles. The van der Waals surface area contributed by atoms with E-state index < -0.39 is 0 Å². The van der Waals surface area contributed by atoms with Gasteiger partial charge in [-0.3, -0.25) is 14.6 Å². The summed E-state index contributed by atoms with van der Waals surface area (Å²) in [6, 6.07) is 13.8. The van der Waals surface area contributed by atoms with Gasteiger partial charge in [0.15, 0.2) is 0 Å². The second kappa shape index (κ2) is 9.60. The summed E-state index contributed by atoms with van der Waals surface area (Å²) >= 11 is 1.55. The van der Waals surface area contributed by atoms with Crippen molar-refractivity contribution >= 4 is 33.2 Å². The number of aromatic nitrogens is 1. The molecule has 1 saturated heterocycles. The van der Waals surface area contributed by atoms with E-state index in [0.717, 1.165) is 52.8 Å². The van der Waals surface area contributed by atoms with Gasteiger partial charge in [-0.1, -0.05) is 37.1 Å². The predicted octanol–water partition coefficient (Wildman–Crippen LogP) is 5.06. The third-order valence-corrected chi connectivity index (χ3v) is 7.00. The maximum Gasteiger partial charge on any atom is 0.272 e. The first-order chi connectivity index (χ1) is 15.0. The van der Waals surface area contributed by atoms with Crippen molar-refractivity contribution in [1.82, 2.24) is 15.2 Å². The normalized spacial score (nSPS) is 17.0. The number of hydrogen-bond donors (Lipinski definition) is 1. The van der Waals surface area contributed by atoms with Gasteiger partial charge in [0.2, 0.25) is 0 Å². The highest BCUT2D eigenvalue weighted by molar-refractivity contribution is 7.21. The van der Waals surface area contributed by atoms with Gasteiger partial charge < -0.3 is 10.2 Å². The first-order valence-electron chi connectivity index (χ1n) is 11.1. The minimum atomic E-state index is -0.0255. The molecule has 6 heteroatoms. The molecule has 1 aromatic carbocycles. The van der Waals surface area contributed by atoms with E-state index in [4.69, 9.17) is 0 Å². The maximum atomic E-state index is 13.3. The molecule has 5 nitrogen and oxygen atoms in total. The van der Waals surface area contributed by atoms with E-state index in [2.05, 4.69) is 22.4 Å². The highest BCUT2D eigenvalue weighted by Crippen LogP contribution is 2.34. The standard InChI is InChI=1S/C25H29N3O2S/c1-17(2)27-24(29)23-20(19-11-5-6-13-22(19)31-23)16-18-10-4-3-9-15-28(18)25(30)21-12-7-8-14-26-21/h5-8,11-14,17-18H,3-4,9-10,15-16H2,1-2H3,(H,27,29)/t18-/m1/s1. The van der Waals surface area contributed by atoms with Crippen LogP contribution in [-0.2, 0) is 6.42 Å². The van der Waals surface area contributed by atoms with Crippen LogP contribution in [0.2, 0.25) is 0 Å². The summed E-state index contributed by atoms with van der Waals surface area (Å²) in [4.78, 5) is 33.4. The van der Waals surface area contributed by atoms with Gasteiger partial charge in [-0.15, -0.1) is 11.3 Å². The third kappa shape index (κ3) is 4.79. The number of fused-ring (bicyclic) bond motifs is 1. The fourth-order valence-corrected chi connectivity index (χ4v) is 5.48. The number of carbonyl (C=O) groups is 2. The summed E-state index contributed by atoms with van der Waals surface area (Å²) in [6.07, 6.45) is 6.50. The molecule has 1 atom stereocenters. The number of nitrogens with zero attached hydrogens (tertiary/aromatic N) is 2. The molecule has 0 radical (unpaired) electrons. The molecular formula is C25H29N3O2S. The van der Waals surface area contributed by atoms with Crippen LogP contribution < -0.4 is 5.32 Å². The van der Waals surface area contributed by atoms with E-state index in [1.54, 1.807) is 23.6 Å². The van der Waals surface area contributed by atoms with Crippen molar-refractivity contribution in [3.8, 4) is 0 Å². The zero-order valence-corrected chi connectivity index (χ0v) is 19.0. The number of hydrogen-bond acceptors (Lipinski definition) is 4. The lowest BCUT2D eigenvalue weighted by atomic mass is 9.97. The molecule has 0 saturated carbocycles. The van der Waals surface area contributed by atoms with E-state index in [-0.39, 0.29) is 23.9 Å². The molecule has 1 fully saturated rings. The minimum absolute atomic E-state index is 0.0137. The van der Waals surface area contributed by atoms with Gasteiger partial charge >= 0.3 is 0 Å². The van der Waals surface area contributed by atoms with Crippen molar-refractivity contribution in [3.05, 3.63) is 64.8 Å². The third-order valence-electron chi connectivity index (χ3n) is 5.79. The Bertz CT molecular complexity index is 1060. The maximum absolute atomic E-state index is 13.3. The first-order valence-corrected chi connectivity index (χ1v) is 11.9. The van der Waals surface area contributed by atoms with E-state index in [0.29, 0.717) is 12.1 Å². The van der Waals surface area contributed by atoms with Crippen molar-refractivity contribution in [3.63, 3.8) is 0 Å². The van der Waals surface area contributed by atoms with Gasteiger partial charge in [-0.2, -0.15) is 0 Å². The fourth-order valence-electron chi connectivity index (χ4n) is 4.34. The largest absolute Gasteiger partial charge is 0.349 e. The lowest BCUT2D eigenvalue weighted by molar-refractivity contribution is 0.0676. The van der Waals surface area contributed by atoms with Crippen LogP contribution in [0.5, 0.6) is 0 Å². The second-order valence-electron chi connectivity index (χ2n) is 8.45. The number of thiophene rings is 1. The molecule has 1 aliphatic rings. The molecule has 2 amide bonds. The minimum Gasteiger partial charge on any atom is -0.349 e. The van der Waals surface area contributed by atoms with E-state index in [1.165, 1.54) is 0 Å².